The first kappa shape index (κ1) is 19.6. The van der Waals surface area contributed by atoms with Gasteiger partial charge in [0.05, 0.1) is 0 Å². The molecule has 34 heavy (non-hydrogen) atoms. The first-order chi connectivity index (χ1) is 16.9. The van der Waals surface area contributed by atoms with Gasteiger partial charge in [-0.05, 0) is 0 Å². The fraction of sp³-hybridized carbons (Fsp3) is 0.133. The van der Waals surface area contributed by atoms with Crippen LogP contribution in [0.4, 0.5) is 0 Å². The predicted molar refractivity (Wildman–Crippen MR) is 147 cm³/mol. The van der Waals surface area contributed by atoms with Gasteiger partial charge in [-0.1, -0.05) is 0 Å². The van der Waals surface area contributed by atoms with Crippen LogP contribution in [-0.2, 0) is 12.8 Å². The third-order valence-corrected chi connectivity index (χ3v) is 11.3. The molecule has 2 aliphatic heterocycles. The van der Waals surface area contributed by atoms with Crippen molar-refractivity contribution in [3.05, 3.63) is 96.2 Å². The maximum absolute atomic E-state index is 2.58. The Morgan fingerprint density at radius 3 is 2.59 bits per heavy atom. The summed E-state index contributed by atoms with van der Waals surface area (Å²) in [6, 6.07) is 32.4. The Balaban J connectivity index is 1.39. The van der Waals surface area contributed by atoms with E-state index in [9.17, 15) is 0 Å². The Morgan fingerprint density at radius 2 is 1.59 bits per heavy atom. The van der Waals surface area contributed by atoms with Crippen molar-refractivity contribution in [2.45, 2.75) is 35.5 Å². The number of aryl methyl sites for hydroxylation is 1. The summed E-state index contributed by atoms with van der Waals surface area (Å²) < 4.78 is 5.67. The van der Waals surface area contributed by atoms with Gasteiger partial charge in [0.15, 0.2) is 0 Å². The van der Waals surface area contributed by atoms with Gasteiger partial charge in [0.25, 0.3) is 0 Å². The average molecular weight is 518 g/mol. The van der Waals surface area contributed by atoms with Crippen molar-refractivity contribution in [1.29, 1.82) is 0 Å². The van der Waals surface area contributed by atoms with E-state index in [0.717, 1.165) is 0 Å². The number of para-hydroxylation sites is 1. The third kappa shape index (κ3) is 2.71. The van der Waals surface area contributed by atoms with Crippen molar-refractivity contribution in [3.8, 4) is 5.69 Å². The Morgan fingerprint density at radius 1 is 0.735 bits per heavy atom. The minimum atomic E-state index is 0.340. The number of fused-ring (bicyclic) bond motifs is 7. The molecule has 0 radical (unpaired) electrons. The Labute approximate surface area is 210 Å². The second-order valence-electron chi connectivity index (χ2n) is 9.55. The van der Waals surface area contributed by atoms with Crippen LogP contribution in [-0.4, -0.2) is 26.2 Å². The van der Waals surface area contributed by atoms with Crippen LogP contribution in [0.25, 0.3) is 16.6 Å². The molecule has 4 heteroatoms. The summed E-state index contributed by atoms with van der Waals surface area (Å²) in [5.74, 6) is 0. The molecule has 0 unspecified atom stereocenters. The van der Waals surface area contributed by atoms with E-state index in [1.807, 2.05) is 11.8 Å². The molecule has 1 aromatic heterocycles. The minimum absolute atomic E-state index is 0.340. The first-order valence-electron chi connectivity index (χ1n) is 12.2. The number of hydrogen-bond acceptors (Lipinski definition) is 1. The molecule has 0 saturated carbocycles. The molecule has 1 aliphatic carbocycles. The van der Waals surface area contributed by atoms with E-state index in [4.69, 9.17) is 0 Å². The van der Waals surface area contributed by atoms with Gasteiger partial charge in [-0.3, -0.25) is 0 Å². The molecular formula is C30H22BNSSe. The van der Waals surface area contributed by atoms with Crippen LogP contribution in [0.1, 0.15) is 24.1 Å². The van der Waals surface area contributed by atoms with Gasteiger partial charge < -0.3 is 0 Å². The molecule has 3 heterocycles. The van der Waals surface area contributed by atoms with Crippen LogP contribution in [0.2, 0.25) is 0 Å². The number of nitrogens with zero attached hydrogens (tertiary/aromatic N) is 1. The fourth-order valence-electron chi connectivity index (χ4n) is 6.30. The normalized spacial score (nSPS) is 15.5. The zero-order chi connectivity index (χ0) is 22.2. The topological polar surface area (TPSA) is 4.93 Å². The number of rotatable bonds is 1. The Hall–Kier alpha value is -2.65. The van der Waals surface area contributed by atoms with Gasteiger partial charge in [-0.25, -0.2) is 0 Å². The molecule has 8 rings (SSSR count). The fourth-order valence-corrected chi connectivity index (χ4v) is 10.1. The standard InChI is InChI=1S/C30H22BNSSe/c1-4-11-24-20(8-1)21-9-2-5-12-25(21)32(24)19-16-17-26-23(18-19)31-22-10-3-6-14-28(22)34-29-15-7-13-27(33-26)30(29)31/h1,3-4,6-8,10-11,13-18H,2,5,9,12H2. The van der Waals surface area contributed by atoms with Crippen LogP contribution in [0.15, 0.2) is 94.7 Å². The number of aromatic nitrogens is 1. The molecular weight excluding hydrogens is 496 g/mol. The summed E-state index contributed by atoms with van der Waals surface area (Å²) in [4.78, 5) is 2.86. The molecule has 0 spiro atoms. The number of hydrogen-bond donors (Lipinski definition) is 0. The summed E-state index contributed by atoms with van der Waals surface area (Å²) in [5.41, 5.74) is 10.4. The molecule has 0 atom stereocenters. The zero-order valence-electron chi connectivity index (χ0n) is 18.8. The molecule has 4 aromatic carbocycles. The molecule has 0 saturated heterocycles. The van der Waals surface area contributed by atoms with Crippen LogP contribution < -0.4 is 25.3 Å². The van der Waals surface area contributed by atoms with Crippen LogP contribution >= 0.6 is 11.8 Å². The summed E-state index contributed by atoms with van der Waals surface area (Å²) >= 11 is 2.34. The molecule has 0 amide bonds. The van der Waals surface area contributed by atoms with E-state index >= 15 is 0 Å². The molecule has 0 bridgehead atoms. The van der Waals surface area contributed by atoms with Crippen molar-refractivity contribution < 1.29 is 0 Å². The van der Waals surface area contributed by atoms with Gasteiger partial charge in [-0.15, -0.1) is 0 Å². The van der Waals surface area contributed by atoms with E-state index in [1.165, 1.54) is 73.1 Å². The van der Waals surface area contributed by atoms with Crippen LogP contribution in [0.5, 0.6) is 0 Å². The SMILES string of the molecule is c1ccc2c(c1)[Se]c1cccc3c1B2c1cc(-n2c4c(c5ccccc52)CCCC4)ccc1S3. The van der Waals surface area contributed by atoms with E-state index < -0.39 is 0 Å². The van der Waals surface area contributed by atoms with Gasteiger partial charge in [0.1, 0.15) is 0 Å². The summed E-state index contributed by atoms with van der Waals surface area (Å²) in [6.45, 7) is 0.340. The molecule has 5 aromatic rings. The van der Waals surface area contributed by atoms with Crippen LogP contribution in [0, 0.1) is 0 Å². The van der Waals surface area contributed by atoms with Crippen molar-refractivity contribution >= 4 is 69.6 Å². The molecule has 0 fully saturated rings. The van der Waals surface area contributed by atoms with E-state index in [1.54, 1.807) is 15.5 Å². The second-order valence-corrected chi connectivity index (χ2v) is 12.9. The average Bonchev–Trinajstić information content (AvgIpc) is 3.23. The third-order valence-electron chi connectivity index (χ3n) is 7.73. The van der Waals surface area contributed by atoms with Crippen molar-refractivity contribution in [3.63, 3.8) is 0 Å². The quantitative estimate of drug-likeness (QED) is 0.302. The Kier molecular flexibility index (Phi) is 4.29. The summed E-state index contributed by atoms with van der Waals surface area (Å²) in [5, 5.41) is 1.45. The van der Waals surface area contributed by atoms with E-state index in [-0.39, 0.29) is 0 Å². The van der Waals surface area contributed by atoms with Gasteiger partial charge in [0, 0.05) is 0 Å². The van der Waals surface area contributed by atoms with Gasteiger partial charge >= 0.3 is 212 Å². The molecule has 162 valence electrons. The number of benzene rings is 4. The van der Waals surface area contributed by atoms with Crippen LogP contribution in [0.3, 0.4) is 0 Å². The molecule has 3 aliphatic rings. The van der Waals surface area contributed by atoms with Crippen molar-refractivity contribution in [2.75, 3.05) is 0 Å². The van der Waals surface area contributed by atoms with Gasteiger partial charge in [-0.2, -0.15) is 0 Å². The van der Waals surface area contributed by atoms with Crippen molar-refractivity contribution in [2.24, 2.45) is 0 Å². The van der Waals surface area contributed by atoms with Gasteiger partial charge in [0.2, 0.25) is 0 Å². The van der Waals surface area contributed by atoms with E-state index in [2.05, 4.69) is 89.5 Å². The predicted octanol–water partition coefficient (Wildman–Crippen LogP) is 3.46. The van der Waals surface area contributed by atoms with E-state index in [0.29, 0.717) is 21.7 Å². The Bertz CT molecular complexity index is 1620. The second kappa shape index (κ2) is 7.42. The first-order valence-corrected chi connectivity index (χ1v) is 14.7. The summed E-state index contributed by atoms with van der Waals surface area (Å²) in [7, 11) is 0. The monoisotopic (exact) mass is 519 g/mol. The zero-order valence-corrected chi connectivity index (χ0v) is 21.3. The maximum atomic E-state index is 2.58. The van der Waals surface area contributed by atoms with Crippen molar-refractivity contribution in [1.82, 2.24) is 4.57 Å². The molecule has 1 nitrogen and oxygen atoms in total. The molecule has 0 N–H and O–H groups in total. The summed E-state index contributed by atoms with van der Waals surface area (Å²) in [6.07, 6.45) is 4.98.